The van der Waals surface area contributed by atoms with Crippen molar-refractivity contribution in [3.8, 4) is 0 Å². The van der Waals surface area contributed by atoms with Crippen LogP contribution in [0.5, 0.6) is 0 Å². The Morgan fingerprint density at radius 2 is 1.77 bits per heavy atom. The first-order valence-electron chi connectivity index (χ1n) is 3.76. The molecule has 0 aromatic carbocycles. The predicted octanol–water partition coefficient (Wildman–Crippen LogP) is 4.85. The Labute approximate surface area is 107 Å². The van der Waals surface area contributed by atoms with Crippen LogP contribution in [-0.4, -0.2) is 16.0 Å². The van der Waals surface area contributed by atoms with Crippen molar-refractivity contribution >= 4 is 47.8 Å². The molecule has 0 nitrogen and oxygen atoms in total. The standard InChI is InChI=1S/C5H8Br2.C5H7Br/c1-5(4-7)2-3-6;1-3-5(2)4-6/h2H,3-4H2,1H3;3H,1-2,4H2/b5-2-;. The Morgan fingerprint density at radius 3 is 1.85 bits per heavy atom. The van der Waals surface area contributed by atoms with Gasteiger partial charge in [-0.25, -0.2) is 0 Å². The van der Waals surface area contributed by atoms with E-state index in [1.54, 1.807) is 6.08 Å². The van der Waals surface area contributed by atoms with Gasteiger partial charge in [0.1, 0.15) is 0 Å². The van der Waals surface area contributed by atoms with Gasteiger partial charge < -0.3 is 0 Å². The second-order valence-corrected chi connectivity index (χ2v) is 4.10. The van der Waals surface area contributed by atoms with E-state index in [4.69, 9.17) is 0 Å². The lowest BCUT2D eigenvalue weighted by Crippen LogP contribution is -1.74. The van der Waals surface area contributed by atoms with Crippen LogP contribution in [0.3, 0.4) is 0 Å². The molecule has 0 saturated carbocycles. The summed E-state index contributed by atoms with van der Waals surface area (Å²) in [7, 11) is 0. The number of hydrogen-bond acceptors (Lipinski definition) is 0. The van der Waals surface area contributed by atoms with Crippen molar-refractivity contribution in [2.45, 2.75) is 6.92 Å². The Hall–Kier alpha value is 0.660. The van der Waals surface area contributed by atoms with Crippen molar-refractivity contribution in [3.63, 3.8) is 0 Å². The van der Waals surface area contributed by atoms with Crippen LogP contribution < -0.4 is 0 Å². The van der Waals surface area contributed by atoms with Gasteiger partial charge in [0.25, 0.3) is 0 Å². The molecule has 0 fully saturated rings. The maximum absolute atomic E-state index is 3.63. The van der Waals surface area contributed by atoms with Gasteiger partial charge in [0.15, 0.2) is 0 Å². The molecule has 3 heteroatoms. The van der Waals surface area contributed by atoms with Crippen molar-refractivity contribution in [2.75, 3.05) is 16.0 Å². The number of alkyl halides is 3. The van der Waals surface area contributed by atoms with E-state index >= 15 is 0 Å². The van der Waals surface area contributed by atoms with Crippen LogP contribution in [0.25, 0.3) is 0 Å². The van der Waals surface area contributed by atoms with E-state index in [1.165, 1.54) is 5.57 Å². The molecule has 0 unspecified atom stereocenters. The SMILES string of the molecule is C/C(=C/CBr)CBr.C=CC(=C)CBr. The number of halogens is 3. The fraction of sp³-hybridized carbons (Fsp3) is 0.400. The topological polar surface area (TPSA) is 0 Å². The molecule has 0 bridgehead atoms. The Bertz CT molecular complexity index is 171. The summed E-state index contributed by atoms with van der Waals surface area (Å²) in [5, 5.41) is 2.78. The van der Waals surface area contributed by atoms with Crippen LogP contribution >= 0.6 is 47.8 Å². The highest BCUT2D eigenvalue weighted by Gasteiger charge is 1.79. The maximum atomic E-state index is 3.63. The normalized spacial score (nSPS) is 10.0. The van der Waals surface area contributed by atoms with Gasteiger partial charge in [0, 0.05) is 16.0 Å². The summed E-state index contributed by atoms with van der Waals surface area (Å²) in [6.07, 6.45) is 3.86. The average Bonchev–Trinajstić information content (AvgIpc) is 2.18. The van der Waals surface area contributed by atoms with Gasteiger partial charge in [-0.3, -0.25) is 0 Å². The Morgan fingerprint density at radius 1 is 1.23 bits per heavy atom. The number of rotatable bonds is 4. The highest BCUT2D eigenvalue weighted by Crippen LogP contribution is 1.97. The first-order valence-corrected chi connectivity index (χ1v) is 7.12. The highest BCUT2D eigenvalue weighted by atomic mass is 79.9. The molecule has 13 heavy (non-hydrogen) atoms. The minimum absolute atomic E-state index is 0.830. The molecule has 0 radical (unpaired) electrons. The maximum Gasteiger partial charge on any atom is 0.0276 e. The average molecular weight is 375 g/mol. The largest absolute Gasteiger partial charge is 0.0988 e. The predicted molar refractivity (Wildman–Crippen MR) is 74.5 cm³/mol. The molecule has 0 rings (SSSR count). The summed E-state index contributed by atoms with van der Waals surface area (Å²) >= 11 is 9.82. The monoisotopic (exact) mass is 372 g/mol. The molecule has 0 aliphatic heterocycles. The first-order chi connectivity index (χ1) is 6.12. The Balaban J connectivity index is 0. The minimum atomic E-state index is 0.830. The lowest BCUT2D eigenvalue weighted by molar-refractivity contribution is 1.40. The summed E-state index contributed by atoms with van der Waals surface area (Å²) in [5.41, 5.74) is 2.40. The smallest absolute Gasteiger partial charge is 0.0276 e. The minimum Gasteiger partial charge on any atom is -0.0988 e. The zero-order chi connectivity index (χ0) is 10.7. The van der Waals surface area contributed by atoms with Crippen molar-refractivity contribution < 1.29 is 0 Å². The van der Waals surface area contributed by atoms with Gasteiger partial charge in [-0.15, -0.1) is 0 Å². The lowest BCUT2D eigenvalue weighted by Gasteiger charge is -1.86. The van der Waals surface area contributed by atoms with E-state index in [0.717, 1.165) is 21.6 Å². The molecule has 0 aromatic rings. The summed E-state index contributed by atoms with van der Waals surface area (Å²) in [4.78, 5) is 0. The lowest BCUT2D eigenvalue weighted by atomic mass is 10.3. The second kappa shape index (κ2) is 12.7. The van der Waals surface area contributed by atoms with Gasteiger partial charge in [0.2, 0.25) is 0 Å². The molecule has 0 N–H and O–H groups in total. The quantitative estimate of drug-likeness (QED) is 0.375. The van der Waals surface area contributed by atoms with Crippen LogP contribution in [0.4, 0.5) is 0 Å². The van der Waals surface area contributed by atoms with Crippen molar-refractivity contribution in [1.29, 1.82) is 0 Å². The summed E-state index contributed by atoms with van der Waals surface area (Å²) in [6.45, 7) is 9.22. The summed E-state index contributed by atoms with van der Waals surface area (Å²) in [6, 6.07) is 0. The van der Waals surface area contributed by atoms with Crippen LogP contribution in [0.15, 0.2) is 36.5 Å². The van der Waals surface area contributed by atoms with E-state index in [9.17, 15) is 0 Å². The third-order valence-electron chi connectivity index (χ3n) is 1.10. The molecule has 0 heterocycles. The third-order valence-corrected chi connectivity index (χ3v) is 3.03. The molecular weight excluding hydrogens is 360 g/mol. The highest BCUT2D eigenvalue weighted by molar-refractivity contribution is 9.09. The summed E-state index contributed by atoms with van der Waals surface area (Å²) in [5.74, 6) is 0. The fourth-order valence-electron chi connectivity index (χ4n) is 0.241. The van der Waals surface area contributed by atoms with Crippen LogP contribution in [0.1, 0.15) is 6.92 Å². The zero-order valence-electron chi connectivity index (χ0n) is 7.82. The van der Waals surface area contributed by atoms with Gasteiger partial charge in [-0.1, -0.05) is 78.7 Å². The molecule has 0 aliphatic rings. The molecule has 0 spiro atoms. The van der Waals surface area contributed by atoms with E-state index in [1.807, 2.05) is 0 Å². The fourth-order valence-corrected chi connectivity index (χ4v) is 1.25. The molecule has 76 valence electrons. The molecule has 0 aromatic heterocycles. The molecule has 0 aliphatic carbocycles. The van der Waals surface area contributed by atoms with Crippen molar-refractivity contribution in [1.82, 2.24) is 0 Å². The van der Waals surface area contributed by atoms with E-state index < -0.39 is 0 Å². The van der Waals surface area contributed by atoms with Gasteiger partial charge in [0.05, 0.1) is 0 Å². The van der Waals surface area contributed by atoms with Crippen LogP contribution in [-0.2, 0) is 0 Å². The Kier molecular flexibility index (Phi) is 15.7. The second-order valence-electron chi connectivity index (χ2n) is 2.33. The van der Waals surface area contributed by atoms with Crippen LogP contribution in [0, 0.1) is 0 Å². The van der Waals surface area contributed by atoms with Crippen LogP contribution in [0.2, 0.25) is 0 Å². The molecule has 0 amide bonds. The van der Waals surface area contributed by atoms with Crippen molar-refractivity contribution in [2.24, 2.45) is 0 Å². The van der Waals surface area contributed by atoms with Gasteiger partial charge in [-0.2, -0.15) is 0 Å². The van der Waals surface area contributed by atoms with E-state index in [0.29, 0.717) is 0 Å². The molecular formula is C10H15Br3. The molecule has 0 saturated heterocycles. The van der Waals surface area contributed by atoms with E-state index in [2.05, 4.69) is 73.9 Å². The number of hydrogen-bond donors (Lipinski definition) is 0. The van der Waals surface area contributed by atoms with Crippen molar-refractivity contribution in [3.05, 3.63) is 36.5 Å². The molecule has 0 atom stereocenters. The first kappa shape index (κ1) is 16.1. The van der Waals surface area contributed by atoms with Gasteiger partial charge >= 0.3 is 0 Å². The van der Waals surface area contributed by atoms with E-state index in [-0.39, 0.29) is 0 Å². The third kappa shape index (κ3) is 15.4. The summed E-state index contributed by atoms with van der Waals surface area (Å²) < 4.78 is 0. The zero-order valence-corrected chi connectivity index (χ0v) is 12.6. The number of allylic oxidation sites excluding steroid dienone is 4. The van der Waals surface area contributed by atoms with Gasteiger partial charge in [-0.05, 0) is 12.5 Å².